The van der Waals surface area contributed by atoms with Crippen LogP contribution < -0.4 is 16.3 Å². The van der Waals surface area contributed by atoms with Crippen molar-refractivity contribution in [2.45, 2.75) is 20.0 Å². The zero-order valence-corrected chi connectivity index (χ0v) is 17.8. The number of nitrogens with zero attached hydrogens (tertiary/aromatic N) is 3. The van der Waals surface area contributed by atoms with E-state index in [9.17, 15) is 19.2 Å². The summed E-state index contributed by atoms with van der Waals surface area (Å²) >= 11 is 0. The summed E-state index contributed by atoms with van der Waals surface area (Å²) < 4.78 is 2.24. The molecule has 33 heavy (non-hydrogen) atoms. The van der Waals surface area contributed by atoms with Crippen LogP contribution in [-0.2, 0) is 17.9 Å². The summed E-state index contributed by atoms with van der Waals surface area (Å²) in [5, 5.41) is 9.62. The van der Waals surface area contributed by atoms with Crippen LogP contribution in [0, 0.1) is 0 Å². The van der Waals surface area contributed by atoms with E-state index >= 15 is 0 Å². The average Bonchev–Trinajstić information content (AvgIpc) is 3.12. The molecule has 0 radical (unpaired) electrons. The van der Waals surface area contributed by atoms with Gasteiger partial charge >= 0.3 is 5.69 Å². The first-order chi connectivity index (χ1) is 15.9. The molecule has 4 aromatic rings. The van der Waals surface area contributed by atoms with Crippen LogP contribution in [0.25, 0.3) is 5.65 Å². The molecule has 0 aliphatic heterocycles. The van der Waals surface area contributed by atoms with Gasteiger partial charge in [0.25, 0.3) is 5.91 Å². The lowest BCUT2D eigenvalue weighted by Gasteiger charge is -2.06. The third-order valence-corrected chi connectivity index (χ3v) is 4.98. The van der Waals surface area contributed by atoms with Gasteiger partial charge in [0.1, 0.15) is 6.54 Å². The summed E-state index contributed by atoms with van der Waals surface area (Å²) in [7, 11) is 0. The minimum atomic E-state index is -0.546. The fourth-order valence-corrected chi connectivity index (χ4v) is 3.29. The molecule has 2 amide bonds. The van der Waals surface area contributed by atoms with Gasteiger partial charge in [-0.25, -0.2) is 13.9 Å². The van der Waals surface area contributed by atoms with Crippen LogP contribution in [-0.4, -0.2) is 31.8 Å². The molecule has 0 saturated heterocycles. The fraction of sp³-hybridized carbons (Fsp3) is 0.125. The highest BCUT2D eigenvalue weighted by Gasteiger charge is 2.14. The zero-order valence-electron chi connectivity index (χ0n) is 17.8. The van der Waals surface area contributed by atoms with Gasteiger partial charge in [0.2, 0.25) is 5.91 Å². The van der Waals surface area contributed by atoms with Crippen molar-refractivity contribution in [2.24, 2.45) is 0 Å². The number of pyridine rings is 1. The molecule has 0 fully saturated rings. The lowest BCUT2D eigenvalue weighted by Crippen LogP contribution is -2.28. The molecule has 9 heteroatoms. The summed E-state index contributed by atoms with van der Waals surface area (Å²) in [6.45, 7) is 1.48. The second kappa shape index (κ2) is 9.31. The van der Waals surface area contributed by atoms with Gasteiger partial charge in [0.05, 0.1) is 5.56 Å². The second-order valence-corrected chi connectivity index (χ2v) is 7.44. The molecule has 4 rings (SSSR count). The smallest absolute Gasteiger partial charge is 0.348 e. The number of benzene rings is 2. The van der Waals surface area contributed by atoms with Gasteiger partial charge in [-0.05, 0) is 36.8 Å². The van der Waals surface area contributed by atoms with E-state index in [2.05, 4.69) is 15.7 Å². The van der Waals surface area contributed by atoms with Gasteiger partial charge in [0.15, 0.2) is 11.4 Å². The van der Waals surface area contributed by atoms with E-state index in [4.69, 9.17) is 0 Å². The minimum absolute atomic E-state index is 0.119. The summed E-state index contributed by atoms with van der Waals surface area (Å²) in [5.74, 6) is -0.920. The Balaban J connectivity index is 1.47. The molecule has 0 spiro atoms. The third kappa shape index (κ3) is 5.04. The van der Waals surface area contributed by atoms with Crippen molar-refractivity contribution < 1.29 is 14.4 Å². The van der Waals surface area contributed by atoms with E-state index < -0.39 is 11.6 Å². The van der Waals surface area contributed by atoms with Gasteiger partial charge in [-0.1, -0.05) is 42.5 Å². The maximum Gasteiger partial charge on any atom is 0.350 e. The predicted octanol–water partition coefficient (Wildman–Crippen LogP) is 2.27. The van der Waals surface area contributed by atoms with Crippen LogP contribution >= 0.6 is 0 Å². The van der Waals surface area contributed by atoms with Crippen LogP contribution in [0.15, 0.2) is 77.7 Å². The molecule has 2 N–H and O–H groups in total. The van der Waals surface area contributed by atoms with Gasteiger partial charge in [-0.3, -0.25) is 14.4 Å². The van der Waals surface area contributed by atoms with Gasteiger partial charge < -0.3 is 10.6 Å². The second-order valence-electron chi connectivity index (χ2n) is 7.44. The van der Waals surface area contributed by atoms with Crippen molar-refractivity contribution in [2.75, 3.05) is 5.32 Å². The number of ketones is 1. The predicted molar refractivity (Wildman–Crippen MR) is 122 cm³/mol. The maximum absolute atomic E-state index is 12.7. The van der Waals surface area contributed by atoms with E-state index in [0.717, 1.165) is 10.2 Å². The van der Waals surface area contributed by atoms with E-state index in [0.29, 0.717) is 29.0 Å². The molecule has 2 heterocycles. The van der Waals surface area contributed by atoms with E-state index in [-0.39, 0.29) is 18.2 Å². The number of Topliss-reactive ketones (excluding diaryl/α,β-unsaturated/α-hetero) is 1. The number of hydrogen-bond donors (Lipinski definition) is 2. The average molecular weight is 443 g/mol. The van der Waals surface area contributed by atoms with E-state index in [1.807, 2.05) is 30.3 Å². The Morgan fingerprint density at radius 1 is 0.939 bits per heavy atom. The number of amides is 2. The largest absolute Gasteiger partial charge is 0.350 e. The summed E-state index contributed by atoms with van der Waals surface area (Å²) in [6.07, 6.45) is 1.40. The molecular formula is C24H21N5O4. The summed E-state index contributed by atoms with van der Waals surface area (Å²) in [4.78, 5) is 49.1. The minimum Gasteiger partial charge on any atom is -0.348 e. The highest BCUT2D eigenvalue weighted by molar-refractivity contribution is 5.97. The van der Waals surface area contributed by atoms with Crippen LogP contribution in [0.3, 0.4) is 0 Å². The van der Waals surface area contributed by atoms with Gasteiger partial charge in [0, 0.05) is 24.0 Å². The van der Waals surface area contributed by atoms with Crippen molar-refractivity contribution in [3.8, 4) is 0 Å². The number of carbonyl (C=O) groups excluding carboxylic acids is 3. The van der Waals surface area contributed by atoms with Crippen molar-refractivity contribution in [1.29, 1.82) is 0 Å². The first-order valence-corrected chi connectivity index (χ1v) is 10.2. The monoisotopic (exact) mass is 443 g/mol. The Morgan fingerprint density at radius 2 is 1.73 bits per heavy atom. The van der Waals surface area contributed by atoms with Crippen LogP contribution in [0.4, 0.5) is 5.69 Å². The van der Waals surface area contributed by atoms with E-state index in [1.165, 1.54) is 17.5 Å². The topological polar surface area (TPSA) is 115 Å². The first kappa shape index (κ1) is 21.7. The molecule has 2 aromatic heterocycles. The number of anilines is 1. The number of aromatic nitrogens is 3. The van der Waals surface area contributed by atoms with E-state index in [1.54, 1.807) is 36.4 Å². The first-order valence-electron chi connectivity index (χ1n) is 10.2. The molecule has 0 aliphatic carbocycles. The van der Waals surface area contributed by atoms with Crippen LogP contribution in [0.1, 0.15) is 33.2 Å². The van der Waals surface area contributed by atoms with Gasteiger partial charge in [-0.15, -0.1) is 5.10 Å². The molecule has 0 bridgehead atoms. The lowest BCUT2D eigenvalue weighted by molar-refractivity contribution is -0.117. The summed E-state index contributed by atoms with van der Waals surface area (Å²) in [6, 6.07) is 19.1. The molecule has 0 atom stereocenters. The summed E-state index contributed by atoms with van der Waals surface area (Å²) in [5.41, 5.74) is 1.93. The fourth-order valence-electron chi connectivity index (χ4n) is 3.29. The number of carbonyl (C=O) groups is 3. The Labute approximate surface area is 188 Å². The van der Waals surface area contributed by atoms with Crippen molar-refractivity contribution in [1.82, 2.24) is 19.5 Å². The third-order valence-electron chi connectivity index (χ3n) is 4.98. The lowest BCUT2D eigenvalue weighted by atomic mass is 10.1. The highest BCUT2D eigenvalue weighted by Crippen LogP contribution is 2.11. The van der Waals surface area contributed by atoms with Crippen LogP contribution in [0.5, 0.6) is 0 Å². The van der Waals surface area contributed by atoms with Crippen molar-refractivity contribution in [3.05, 3.63) is 100 Å². The molecule has 2 aromatic carbocycles. The highest BCUT2D eigenvalue weighted by atomic mass is 16.2. The van der Waals surface area contributed by atoms with Crippen molar-refractivity contribution >= 4 is 28.9 Å². The Morgan fingerprint density at radius 3 is 2.48 bits per heavy atom. The number of nitrogens with one attached hydrogen (secondary N) is 2. The molecule has 166 valence electrons. The Bertz CT molecular complexity index is 1410. The molecular weight excluding hydrogens is 422 g/mol. The number of hydrogen-bond acceptors (Lipinski definition) is 5. The zero-order chi connectivity index (χ0) is 23.4. The molecule has 0 aliphatic rings. The Kier molecular flexibility index (Phi) is 6.12. The SMILES string of the molecule is CC(=O)c1cccc(NC(=O)Cn2nc3ccc(C(=O)NCc4ccccc4)cn3c2=O)c1. The molecule has 9 nitrogen and oxygen atoms in total. The normalized spacial score (nSPS) is 10.7. The molecule has 0 saturated carbocycles. The maximum atomic E-state index is 12.7. The quantitative estimate of drug-likeness (QED) is 0.425. The van der Waals surface area contributed by atoms with Crippen molar-refractivity contribution in [3.63, 3.8) is 0 Å². The van der Waals surface area contributed by atoms with Gasteiger partial charge in [-0.2, -0.15) is 0 Å². The Hall–Kier alpha value is -4.53. The number of rotatable bonds is 7. The number of fused-ring (bicyclic) bond motifs is 1. The molecule has 0 unspecified atom stereocenters. The van der Waals surface area contributed by atoms with Crippen LogP contribution in [0.2, 0.25) is 0 Å². The standard InChI is InChI=1S/C24H21N5O4/c1-16(30)18-8-5-9-20(12-18)26-22(31)15-29-24(33)28-14-19(10-11-21(28)27-29)23(32)25-13-17-6-3-2-4-7-17/h2-12,14H,13,15H2,1H3,(H,25,32)(H,26,31).